The number of ketones is 1. The van der Waals surface area contributed by atoms with Crippen molar-refractivity contribution in [3.63, 3.8) is 0 Å². The standard InChI is InChI=1S/C26H25N3O5/c1-2-3-13-20(25(32)28-34)29-22(19-15-14-16-9-7-8-12-18(16)27-19)21(24(31)26(29)33)23(30)17-10-5-4-6-11-17/h4-12,14-15,20,22,31,34H,2-3,13H2,1H3,(H,28,32). The van der Waals surface area contributed by atoms with Gasteiger partial charge in [0.15, 0.2) is 11.5 Å². The lowest BCUT2D eigenvalue weighted by Gasteiger charge is -2.32. The normalized spacial score (nSPS) is 16.7. The van der Waals surface area contributed by atoms with E-state index in [9.17, 15) is 24.7 Å². The Morgan fingerprint density at radius 3 is 2.47 bits per heavy atom. The number of hydrogen-bond donors (Lipinski definition) is 3. The predicted molar refractivity (Wildman–Crippen MR) is 125 cm³/mol. The van der Waals surface area contributed by atoms with Crippen LogP contribution in [0.3, 0.4) is 0 Å². The van der Waals surface area contributed by atoms with Crippen LogP contribution in [-0.4, -0.2) is 43.8 Å². The summed E-state index contributed by atoms with van der Waals surface area (Å²) in [5.41, 5.74) is 2.75. The van der Waals surface area contributed by atoms with Crippen LogP contribution in [0.15, 0.2) is 78.1 Å². The molecule has 2 unspecified atom stereocenters. The number of unbranched alkanes of at least 4 members (excludes halogenated alkanes) is 1. The molecule has 0 saturated carbocycles. The second kappa shape index (κ2) is 9.84. The summed E-state index contributed by atoms with van der Waals surface area (Å²) in [6.45, 7) is 1.93. The molecule has 0 spiro atoms. The number of para-hydroxylation sites is 1. The summed E-state index contributed by atoms with van der Waals surface area (Å²) in [5.74, 6) is -2.91. The summed E-state index contributed by atoms with van der Waals surface area (Å²) < 4.78 is 0. The van der Waals surface area contributed by atoms with E-state index in [4.69, 9.17) is 0 Å². The number of carbonyl (C=O) groups is 3. The molecule has 2 amide bonds. The van der Waals surface area contributed by atoms with E-state index in [0.29, 0.717) is 23.2 Å². The van der Waals surface area contributed by atoms with Crippen molar-refractivity contribution >= 4 is 28.5 Å². The van der Waals surface area contributed by atoms with Gasteiger partial charge < -0.3 is 10.0 Å². The zero-order valence-electron chi connectivity index (χ0n) is 18.6. The number of hydrogen-bond acceptors (Lipinski definition) is 6. The maximum Gasteiger partial charge on any atom is 0.290 e. The topological polar surface area (TPSA) is 120 Å². The van der Waals surface area contributed by atoms with Gasteiger partial charge in [0.25, 0.3) is 11.8 Å². The van der Waals surface area contributed by atoms with E-state index in [2.05, 4.69) is 4.98 Å². The molecular weight excluding hydrogens is 434 g/mol. The minimum absolute atomic E-state index is 0.147. The number of hydroxylamine groups is 1. The van der Waals surface area contributed by atoms with Crippen LogP contribution >= 0.6 is 0 Å². The Hall–Kier alpha value is -4.04. The van der Waals surface area contributed by atoms with Gasteiger partial charge in [0.2, 0.25) is 0 Å². The van der Waals surface area contributed by atoms with Crippen molar-refractivity contribution in [2.75, 3.05) is 0 Å². The van der Waals surface area contributed by atoms with Crippen LogP contribution in [0, 0.1) is 0 Å². The molecule has 2 aromatic carbocycles. The first-order valence-electron chi connectivity index (χ1n) is 11.1. The third kappa shape index (κ3) is 4.15. The molecule has 0 fully saturated rings. The molecule has 4 rings (SSSR count). The average molecular weight is 460 g/mol. The van der Waals surface area contributed by atoms with Gasteiger partial charge in [-0.1, -0.05) is 74.4 Å². The van der Waals surface area contributed by atoms with Crippen LogP contribution in [-0.2, 0) is 9.59 Å². The third-order valence-electron chi connectivity index (χ3n) is 6.00. The van der Waals surface area contributed by atoms with Gasteiger partial charge >= 0.3 is 0 Å². The largest absolute Gasteiger partial charge is 0.503 e. The molecule has 34 heavy (non-hydrogen) atoms. The van der Waals surface area contributed by atoms with Gasteiger partial charge in [-0.15, -0.1) is 0 Å². The number of aromatic nitrogens is 1. The highest BCUT2D eigenvalue weighted by Crippen LogP contribution is 2.41. The minimum atomic E-state index is -1.11. The van der Waals surface area contributed by atoms with Crippen molar-refractivity contribution < 1.29 is 24.7 Å². The number of aliphatic hydroxyl groups is 1. The van der Waals surface area contributed by atoms with Crippen LogP contribution in [0.4, 0.5) is 0 Å². The Bertz CT molecular complexity index is 1270. The molecule has 0 bridgehead atoms. The van der Waals surface area contributed by atoms with E-state index in [1.165, 1.54) is 0 Å². The molecule has 0 radical (unpaired) electrons. The molecule has 174 valence electrons. The van der Waals surface area contributed by atoms with E-state index in [-0.39, 0.29) is 12.0 Å². The highest BCUT2D eigenvalue weighted by atomic mass is 16.5. The highest BCUT2D eigenvalue weighted by molar-refractivity contribution is 6.16. The number of pyridine rings is 1. The lowest BCUT2D eigenvalue weighted by atomic mass is 9.94. The quantitative estimate of drug-likeness (QED) is 0.267. The molecule has 0 aliphatic carbocycles. The van der Waals surface area contributed by atoms with Crippen molar-refractivity contribution in [3.05, 3.63) is 89.3 Å². The first-order chi connectivity index (χ1) is 16.5. The van der Waals surface area contributed by atoms with Crippen molar-refractivity contribution in [2.45, 2.75) is 38.3 Å². The molecule has 3 aromatic rings. The number of nitrogens with zero attached hydrogens (tertiary/aromatic N) is 2. The molecule has 3 N–H and O–H groups in total. The van der Waals surface area contributed by atoms with Crippen molar-refractivity contribution in [2.24, 2.45) is 0 Å². The number of nitrogens with one attached hydrogen (secondary N) is 1. The first-order valence-corrected chi connectivity index (χ1v) is 11.1. The minimum Gasteiger partial charge on any atom is -0.503 e. The Kier molecular flexibility index (Phi) is 6.70. The van der Waals surface area contributed by atoms with E-state index in [1.807, 2.05) is 31.2 Å². The van der Waals surface area contributed by atoms with Crippen LogP contribution in [0.1, 0.15) is 48.3 Å². The smallest absolute Gasteiger partial charge is 0.290 e. The van der Waals surface area contributed by atoms with E-state index in [0.717, 1.165) is 16.7 Å². The zero-order valence-corrected chi connectivity index (χ0v) is 18.6. The summed E-state index contributed by atoms with van der Waals surface area (Å²) in [6.07, 6.45) is 1.56. The monoisotopic (exact) mass is 459 g/mol. The molecule has 1 aromatic heterocycles. The third-order valence-corrected chi connectivity index (χ3v) is 6.00. The Morgan fingerprint density at radius 2 is 1.76 bits per heavy atom. The summed E-state index contributed by atoms with van der Waals surface area (Å²) in [6, 6.07) is 17.0. The van der Waals surface area contributed by atoms with Crippen LogP contribution in [0.25, 0.3) is 10.9 Å². The molecular formula is C26H25N3O5. The van der Waals surface area contributed by atoms with Crippen LogP contribution in [0.2, 0.25) is 0 Å². The van der Waals surface area contributed by atoms with Crippen LogP contribution in [0.5, 0.6) is 0 Å². The van der Waals surface area contributed by atoms with Gasteiger partial charge in [0.05, 0.1) is 16.8 Å². The number of Topliss-reactive ketones (excluding diaryl/α,β-unsaturated/α-hetero) is 1. The zero-order chi connectivity index (χ0) is 24.2. The maximum absolute atomic E-state index is 13.5. The highest BCUT2D eigenvalue weighted by Gasteiger charge is 2.49. The summed E-state index contributed by atoms with van der Waals surface area (Å²) >= 11 is 0. The number of aliphatic hydroxyl groups excluding tert-OH is 1. The molecule has 2 heterocycles. The Labute approximate surface area is 196 Å². The predicted octanol–water partition coefficient (Wildman–Crippen LogP) is 3.88. The number of amides is 2. The van der Waals surface area contributed by atoms with E-state index >= 15 is 0 Å². The average Bonchev–Trinajstić information content (AvgIpc) is 3.14. The molecule has 1 aliphatic rings. The lowest BCUT2D eigenvalue weighted by Crippen LogP contribution is -2.49. The van der Waals surface area contributed by atoms with Crippen molar-refractivity contribution in [3.8, 4) is 0 Å². The lowest BCUT2D eigenvalue weighted by molar-refractivity contribution is -0.144. The summed E-state index contributed by atoms with van der Waals surface area (Å²) in [7, 11) is 0. The van der Waals surface area contributed by atoms with Gasteiger partial charge in [-0.25, -0.2) is 5.48 Å². The van der Waals surface area contributed by atoms with E-state index < -0.39 is 35.4 Å². The van der Waals surface area contributed by atoms with Gasteiger partial charge in [-0.05, 0) is 18.6 Å². The van der Waals surface area contributed by atoms with Gasteiger partial charge in [-0.2, -0.15) is 0 Å². The number of benzene rings is 2. The molecule has 2 atom stereocenters. The number of rotatable bonds is 8. The Balaban J connectivity index is 1.89. The van der Waals surface area contributed by atoms with E-state index in [1.54, 1.807) is 47.9 Å². The maximum atomic E-state index is 13.5. The number of fused-ring (bicyclic) bond motifs is 1. The van der Waals surface area contributed by atoms with Crippen LogP contribution < -0.4 is 5.48 Å². The van der Waals surface area contributed by atoms with Crippen molar-refractivity contribution in [1.82, 2.24) is 15.4 Å². The Morgan fingerprint density at radius 1 is 1.06 bits per heavy atom. The fraction of sp³-hybridized carbons (Fsp3) is 0.231. The fourth-order valence-electron chi connectivity index (χ4n) is 4.31. The van der Waals surface area contributed by atoms with Gasteiger partial charge in [-0.3, -0.25) is 24.6 Å². The fourth-order valence-corrected chi connectivity index (χ4v) is 4.31. The second-order valence-corrected chi connectivity index (χ2v) is 8.14. The molecule has 8 nitrogen and oxygen atoms in total. The SMILES string of the molecule is CCCCC(C(=O)NO)N1C(=O)C(O)=C(C(=O)c2ccccc2)C1c1ccc2ccccc2n1. The number of carbonyl (C=O) groups excluding carboxylic acids is 3. The van der Waals surface area contributed by atoms with Gasteiger partial charge in [0, 0.05) is 10.9 Å². The van der Waals surface area contributed by atoms with Crippen molar-refractivity contribution in [1.29, 1.82) is 0 Å². The molecule has 0 saturated heterocycles. The first kappa shape index (κ1) is 23.1. The summed E-state index contributed by atoms with van der Waals surface area (Å²) in [4.78, 5) is 45.3. The second-order valence-electron chi connectivity index (χ2n) is 8.14. The molecule has 1 aliphatic heterocycles. The molecule has 8 heteroatoms. The summed E-state index contributed by atoms with van der Waals surface area (Å²) in [5, 5.41) is 21.1. The van der Waals surface area contributed by atoms with Gasteiger partial charge in [0.1, 0.15) is 12.1 Å².